The van der Waals surface area contributed by atoms with Crippen LogP contribution in [0.4, 0.5) is 0 Å². The number of hydrogen-bond acceptors (Lipinski definition) is 3. The molecule has 0 aromatic heterocycles. The molecule has 5 nitrogen and oxygen atoms in total. The third kappa shape index (κ3) is 4.13. The van der Waals surface area contributed by atoms with Crippen molar-refractivity contribution in [2.24, 2.45) is 16.1 Å². The molecule has 3 N–H and O–H groups in total. The van der Waals surface area contributed by atoms with Crippen LogP contribution in [0.2, 0.25) is 0 Å². The molecular formula is C17H33N3O2. The molecular weight excluding hydrogens is 278 g/mol. The number of nitrogens with one attached hydrogen (secondary N) is 1. The van der Waals surface area contributed by atoms with Crippen molar-refractivity contribution in [2.75, 3.05) is 26.4 Å². The fraction of sp³-hybridized carbons (Fsp3) is 0.941. The molecule has 2 atom stereocenters. The van der Waals surface area contributed by atoms with Gasteiger partial charge in [0.25, 0.3) is 0 Å². The van der Waals surface area contributed by atoms with Crippen LogP contribution in [0, 0.1) is 5.41 Å². The molecule has 2 fully saturated rings. The van der Waals surface area contributed by atoms with E-state index >= 15 is 0 Å². The van der Waals surface area contributed by atoms with Gasteiger partial charge >= 0.3 is 0 Å². The smallest absolute Gasteiger partial charge is 0.188 e. The summed E-state index contributed by atoms with van der Waals surface area (Å²) in [5, 5.41) is 3.46. The van der Waals surface area contributed by atoms with Crippen molar-refractivity contribution in [3.8, 4) is 0 Å². The molecule has 2 aliphatic rings. The second-order valence-electron chi connectivity index (χ2n) is 6.49. The van der Waals surface area contributed by atoms with Gasteiger partial charge in [-0.2, -0.15) is 0 Å². The number of ether oxygens (including phenoxy) is 2. The lowest BCUT2D eigenvalue weighted by Crippen LogP contribution is -2.66. The molecule has 22 heavy (non-hydrogen) atoms. The van der Waals surface area contributed by atoms with Crippen molar-refractivity contribution in [3.05, 3.63) is 0 Å². The second-order valence-corrected chi connectivity index (χ2v) is 6.49. The van der Waals surface area contributed by atoms with E-state index in [9.17, 15) is 0 Å². The van der Waals surface area contributed by atoms with Crippen LogP contribution < -0.4 is 11.1 Å². The average molecular weight is 311 g/mol. The largest absolute Gasteiger partial charge is 0.382 e. The number of nitrogens with two attached hydrogens (primary N) is 1. The van der Waals surface area contributed by atoms with E-state index in [0.29, 0.717) is 23.5 Å². The van der Waals surface area contributed by atoms with Gasteiger partial charge in [0, 0.05) is 37.8 Å². The lowest BCUT2D eigenvalue weighted by atomic mass is 9.55. The Labute approximate surface area is 135 Å². The highest BCUT2D eigenvalue weighted by Gasteiger charge is 2.55. The van der Waals surface area contributed by atoms with Crippen LogP contribution in [-0.2, 0) is 9.47 Å². The lowest BCUT2D eigenvalue weighted by Gasteiger charge is -2.57. The van der Waals surface area contributed by atoms with E-state index in [-0.39, 0.29) is 0 Å². The molecule has 0 radical (unpaired) electrons. The summed E-state index contributed by atoms with van der Waals surface area (Å²) < 4.78 is 11.3. The average Bonchev–Trinajstić information content (AvgIpc) is 2.54. The van der Waals surface area contributed by atoms with E-state index in [4.69, 9.17) is 15.2 Å². The molecule has 2 aliphatic carbocycles. The van der Waals surface area contributed by atoms with Gasteiger partial charge in [0.05, 0.1) is 6.10 Å². The molecule has 0 aromatic carbocycles. The Morgan fingerprint density at radius 1 is 1.23 bits per heavy atom. The van der Waals surface area contributed by atoms with E-state index in [1.807, 2.05) is 6.92 Å². The third-order valence-electron chi connectivity index (χ3n) is 5.19. The predicted molar refractivity (Wildman–Crippen MR) is 90.1 cm³/mol. The SMILES string of the molecule is CCOCCCN=C(N)NC1CC(OCC)C12CCCCC2. The molecule has 2 rings (SSSR count). The minimum Gasteiger partial charge on any atom is -0.382 e. The minimum absolute atomic E-state index is 0.291. The molecule has 0 aliphatic heterocycles. The maximum Gasteiger partial charge on any atom is 0.188 e. The first kappa shape index (κ1) is 17.5. The van der Waals surface area contributed by atoms with Crippen LogP contribution in [0.25, 0.3) is 0 Å². The van der Waals surface area contributed by atoms with Gasteiger partial charge in [-0.25, -0.2) is 0 Å². The summed E-state index contributed by atoms with van der Waals surface area (Å²) >= 11 is 0. The maximum absolute atomic E-state index is 6.07. The molecule has 0 aromatic rings. The van der Waals surface area contributed by atoms with Crippen molar-refractivity contribution in [2.45, 2.75) is 70.9 Å². The molecule has 0 amide bonds. The fourth-order valence-electron chi connectivity index (χ4n) is 4.00. The summed E-state index contributed by atoms with van der Waals surface area (Å²) in [6.07, 6.45) is 8.88. The summed E-state index contributed by atoms with van der Waals surface area (Å²) in [6, 6.07) is 0.431. The summed E-state index contributed by atoms with van der Waals surface area (Å²) in [5.41, 5.74) is 6.36. The standard InChI is InChI=1S/C17H33N3O2/c1-3-21-12-8-11-19-16(18)20-14-13-15(22-4-2)17(14)9-6-5-7-10-17/h14-15H,3-13H2,1-2H3,(H3,18,19,20). The quantitative estimate of drug-likeness (QED) is 0.410. The molecule has 128 valence electrons. The van der Waals surface area contributed by atoms with E-state index in [2.05, 4.69) is 17.2 Å². The van der Waals surface area contributed by atoms with Crippen LogP contribution in [0.5, 0.6) is 0 Å². The molecule has 2 saturated carbocycles. The monoisotopic (exact) mass is 311 g/mol. The molecule has 0 heterocycles. The Balaban J connectivity index is 1.82. The van der Waals surface area contributed by atoms with E-state index in [1.165, 1.54) is 32.1 Å². The van der Waals surface area contributed by atoms with Crippen molar-refractivity contribution in [3.63, 3.8) is 0 Å². The van der Waals surface area contributed by atoms with Crippen LogP contribution >= 0.6 is 0 Å². The Morgan fingerprint density at radius 2 is 2.00 bits per heavy atom. The van der Waals surface area contributed by atoms with Crippen LogP contribution in [0.1, 0.15) is 58.8 Å². The molecule has 5 heteroatoms. The highest BCUT2D eigenvalue weighted by Crippen LogP contribution is 2.53. The number of aliphatic imine (C=N–C) groups is 1. The zero-order valence-electron chi connectivity index (χ0n) is 14.3. The van der Waals surface area contributed by atoms with Gasteiger partial charge in [0.15, 0.2) is 5.96 Å². The second kappa shape index (κ2) is 8.73. The zero-order chi connectivity index (χ0) is 15.8. The number of guanidine groups is 1. The molecule has 1 spiro atoms. The van der Waals surface area contributed by atoms with Gasteiger partial charge in [-0.1, -0.05) is 19.3 Å². The zero-order valence-corrected chi connectivity index (χ0v) is 14.3. The van der Waals surface area contributed by atoms with Crippen molar-refractivity contribution >= 4 is 5.96 Å². The summed E-state index contributed by atoms with van der Waals surface area (Å²) in [7, 11) is 0. The lowest BCUT2D eigenvalue weighted by molar-refractivity contribution is -0.145. The van der Waals surface area contributed by atoms with Gasteiger partial charge in [-0.3, -0.25) is 4.99 Å². The van der Waals surface area contributed by atoms with Crippen molar-refractivity contribution in [1.29, 1.82) is 0 Å². The Morgan fingerprint density at radius 3 is 2.68 bits per heavy atom. The summed E-state index contributed by atoms with van der Waals surface area (Å²) in [4.78, 5) is 4.43. The van der Waals surface area contributed by atoms with Crippen molar-refractivity contribution in [1.82, 2.24) is 5.32 Å². The topological polar surface area (TPSA) is 68.9 Å². The van der Waals surface area contributed by atoms with Gasteiger partial charge < -0.3 is 20.5 Å². The molecule has 0 bridgehead atoms. The number of nitrogens with zero attached hydrogens (tertiary/aromatic N) is 1. The Kier molecular flexibility index (Phi) is 6.96. The molecule has 2 unspecified atom stereocenters. The highest BCUT2D eigenvalue weighted by atomic mass is 16.5. The maximum atomic E-state index is 6.07. The Hall–Kier alpha value is -0.810. The van der Waals surface area contributed by atoms with Gasteiger partial charge in [0.2, 0.25) is 0 Å². The molecule has 0 saturated heterocycles. The van der Waals surface area contributed by atoms with Crippen molar-refractivity contribution < 1.29 is 9.47 Å². The predicted octanol–water partition coefficient (Wildman–Crippen LogP) is 2.45. The van der Waals surface area contributed by atoms with Gasteiger partial charge in [0.1, 0.15) is 0 Å². The highest BCUT2D eigenvalue weighted by molar-refractivity contribution is 5.78. The van der Waals surface area contributed by atoms with E-state index < -0.39 is 0 Å². The number of rotatable bonds is 8. The van der Waals surface area contributed by atoms with E-state index in [0.717, 1.165) is 39.2 Å². The third-order valence-corrected chi connectivity index (χ3v) is 5.19. The number of hydrogen-bond donors (Lipinski definition) is 2. The van der Waals surface area contributed by atoms with Gasteiger partial charge in [-0.05, 0) is 39.5 Å². The normalized spacial score (nSPS) is 27.6. The first-order valence-electron chi connectivity index (χ1n) is 8.98. The minimum atomic E-state index is 0.291. The van der Waals surface area contributed by atoms with E-state index in [1.54, 1.807) is 0 Å². The first-order valence-corrected chi connectivity index (χ1v) is 8.98. The van der Waals surface area contributed by atoms with Crippen LogP contribution in [0.3, 0.4) is 0 Å². The first-order chi connectivity index (χ1) is 10.7. The summed E-state index contributed by atoms with van der Waals surface area (Å²) in [5.74, 6) is 0.585. The van der Waals surface area contributed by atoms with Gasteiger partial charge in [-0.15, -0.1) is 0 Å². The van der Waals surface area contributed by atoms with Crippen LogP contribution in [-0.4, -0.2) is 44.5 Å². The Bertz CT molecular complexity index is 354. The van der Waals surface area contributed by atoms with Crippen LogP contribution in [0.15, 0.2) is 4.99 Å². The summed E-state index contributed by atoms with van der Waals surface area (Å²) in [6.45, 7) is 7.15. The fourth-order valence-corrected chi connectivity index (χ4v) is 4.00.